The highest BCUT2D eigenvalue weighted by molar-refractivity contribution is 5.68. The van der Waals surface area contributed by atoms with Crippen LogP contribution in [0, 0.1) is 11.8 Å². The van der Waals surface area contributed by atoms with E-state index in [1.54, 1.807) is 0 Å². The van der Waals surface area contributed by atoms with Gasteiger partial charge in [0, 0.05) is 18.8 Å². The fourth-order valence-corrected chi connectivity index (χ4v) is 3.87. The molecule has 144 valence electrons. The van der Waals surface area contributed by atoms with Gasteiger partial charge in [-0.15, -0.1) is 0 Å². The summed E-state index contributed by atoms with van der Waals surface area (Å²) in [6, 6.07) is 0. The maximum Gasteiger partial charge on any atom is 0.305 e. The third-order valence-electron chi connectivity index (χ3n) is 5.40. The Morgan fingerprint density at radius 2 is 1.92 bits per heavy atom. The van der Waals surface area contributed by atoms with Gasteiger partial charge in [0.1, 0.15) is 12.2 Å². The molecule has 1 heterocycles. The van der Waals surface area contributed by atoms with E-state index in [2.05, 4.69) is 15.7 Å². The molecule has 2 fully saturated rings. The lowest BCUT2D eigenvalue weighted by Crippen LogP contribution is -2.29. The summed E-state index contributed by atoms with van der Waals surface area (Å²) in [4.78, 5) is 26.3. The van der Waals surface area contributed by atoms with Crippen LogP contribution in [0.4, 0.5) is 0 Å². The lowest BCUT2D eigenvalue weighted by molar-refractivity contribution is -0.337. The summed E-state index contributed by atoms with van der Waals surface area (Å²) in [5.41, 5.74) is 0. The zero-order valence-electron chi connectivity index (χ0n) is 15.4. The Hall–Kier alpha value is -0.950. The molecular weight excluding hydrogens is 324 g/mol. The van der Waals surface area contributed by atoms with Gasteiger partial charge in [-0.25, -0.2) is 14.7 Å². The van der Waals surface area contributed by atoms with E-state index in [1.165, 1.54) is 13.5 Å². The molecule has 1 aliphatic heterocycles. The van der Waals surface area contributed by atoms with Crippen molar-refractivity contribution in [1.29, 1.82) is 0 Å². The minimum absolute atomic E-state index is 0.119. The monoisotopic (exact) mass is 356 g/mol. The van der Waals surface area contributed by atoms with Crippen molar-refractivity contribution in [1.82, 2.24) is 0 Å². The van der Waals surface area contributed by atoms with Crippen molar-refractivity contribution in [3.05, 3.63) is 12.2 Å². The van der Waals surface area contributed by atoms with Crippen molar-refractivity contribution in [2.24, 2.45) is 11.8 Å². The molecule has 0 aromatic heterocycles. The lowest BCUT2D eigenvalue weighted by atomic mass is 9.87. The summed E-state index contributed by atoms with van der Waals surface area (Å²) in [5.74, 6) is 0.689. The molecule has 1 aliphatic carbocycles. The van der Waals surface area contributed by atoms with Crippen LogP contribution in [0.5, 0.6) is 0 Å². The summed E-state index contributed by atoms with van der Waals surface area (Å²) in [7, 11) is 1.43. The molecule has 0 spiro atoms. The van der Waals surface area contributed by atoms with Gasteiger partial charge in [-0.3, -0.25) is 10.1 Å². The standard InChI is InChI=1S/C19H32O6/c1-3-14(23-21)11-12-16-15(17-13-18(16)25-24-17)9-7-5-4-6-8-10-19(20)22-2/h11-12,14-18,21H,3-10,13H2,1-2H3. The molecule has 2 rings (SSSR count). The third kappa shape index (κ3) is 6.06. The maximum absolute atomic E-state index is 11.1. The number of esters is 1. The SMILES string of the molecule is CCC(C=CC1C2CC(OO2)C1CCCCCCCC(=O)OC)OO. The van der Waals surface area contributed by atoms with E-state index in [1.807, 2.05) is 13.0 Å². The van der Waals surface area contributed by atoms with Crippen molar-refractivity contribution < 1.29 is 29.5 Å². The molecule has 5 atom stereocenters. The third-order valence-corrected chi connectivity index (χ3v) is 5.40. The number of carbonyl (C=O) groups is 1. The van der Waals surface area contributed by atoms with E-state index in [0.29, 0.717) is 18.3 Å². The quantitative estimate of drug-likeness (QED) is 0.187. The molecule has 1 saturated carbocycles. The van der Waals surface area contributed by atoms with Crippen LogP contribution in [0.25, 0.3) is 0 Å². The number of ether oxygens (including phenoxy) is 1. The molecule has 6 heteroatoms. The predicted octanol–water partition coefficient (Wildman–Crippen LogP) is 4.05. The van der Waals surface area contributed by atoms with E-state index < -0.39 is 0 Å². The van der Waals surface area contributed by atoms with Crippen LogP contribution in [0.2, 0.25) is 0 Å². The highest BCUT2D eigenvalue weighted by atomic mass is 17.2. The van der Waals surface area contributed by atoms with Crippen molar-refractivity contribution >= 4 is 5.97 Å². The van der Waals surface area contributed by atoms with Gasteiger partial charge >= 0.3 is 5.97 Å². The Morgan fingerprint density at radius 3 is 2.64 bits per heavy atom. The molecule has 5 unspecified atom stereocenters. The zero-order chi connectivity index (χ0) is 18.1. The van der Waals surface area contributed by atoms with E-state index in [-0.39, 0.29) is 24.3 Å². The van der Waals surface area contributed by atoms with E-state index in [4.69, 9.17) is 15.0 Å². The number of rotatable bonds is 12. The Labute approximate surface area is 150 Å². The smallest absolute Gasteiger partial charge is 0.305 e. The molecule has 1 saturated heterocycles. The second-order valence-corrected chi connectivity index (χ2v) is 7.07. The lowest BCUT2D eigenvalue weighted by Gasteiger charge is -2.28. The Kier molecular flexibility index (Phi) is 8.89. The first-order chi connectivity index (χ1) is 12.2. The summed E-state index contributed by atoms with van der Waals surface area (Å²) in [6.45, 7) is 1.98. The number of methoxy groups -OCH3 is 1. The van der Waals surface area contributed by atoms with Gasteiger partial charge in [-0.05, 0) is 25.2 Å². The predicted molar refractivity (Wildman–Crippen MR) is 92.6 cm³/mol. The van der Waals surface area contributed by atoms with Crippen LogP contribution >= 0.6 is 0 Å². The first-order valence-corrected chi connectivity index (χ1v) is 9.57. The zero-order valence-corrected chi connectivity index (χ0v) is 15.4. The number of carbonyl (C=O) groups excluding carboxylic acids is 1. The van der Waals surface area contributed by atoms with Crippen molar-refractivity contribution in [2.75, 3.05) is 7.11 Å². The summed E-state index contributed by atoms with van der Waals surface area (Å²) in [6.07, 6.45) is 12.9. The van der Waals surface area contributed by atoms with Crippen molar-refractivity contribution in [3.63, 3.8) is 0 Å². The van der Waals surface area contributed by atoms with Crippen molar-refractivity contribution in [3.8, 4) is 0 Å². The second-order valence-electron chi connectivity index (χ2n) is 7.07. The number of fused-ring (bicyclic) bond motifs is 2. The molecule has 1 N–H and O–H groups in total. The Morgan fingerprint density at radius 1 is 1.20 bits per heavy atom. The number of hydrogen-bond donors (Lipinski definition) is 1. The first kappa shape index (κ1) is 20.4. The van der Waals surface area contributed by atoms with Crippen molar-refractivity contribution in [2.45, 2.75) is 83.0 Å². The molecule has 6 nitrogen and oxygen atoms in total. The highest BCUT2D eigenvalue weighted by Gasteiger charge is 2.49. The maximum atomic E-state index is 11.1. The summed E-state index contributed by atoms with van der Waals surface area (Å²) in [5, 5.41) is 8.86. The summed E-state index contributed by atoms with van der Waals surface area (Å²) >= 11 is 0. The van der Waals surface area contributed by atoms with Gasteiger partial charge in [0.25, 0.3) is 0 Å². The molecule has 2 bridgehead atoms. The average molecular weight is 356 g/mol. The van der Waals surface area contributed by atoms with Gasteiger partial charge in [0.2, 0.25) is 0 Å². The number of unbranched alkanes of at least 4 members (excludes halogenated alkanes) is 4. The normalized spacial score (nSPS) is 29.4. The summed E-state index contributed by atoms with van der Waals surface area (Å²) < 4.78 is 4.65. The van der Waals surface area contributed by atoms with Crippen LogP contribution < -0.4 is 0 Å². The van der Waals surface area contributed by atoms with Gasteiger partial charge in [-0.1, -0.05) is 44.8 Å². The molecule has 2 aliphatic rings. The largest absolute Gasteiger partial charge is 0.469 e. The Balaban J connectivity index is 1.68. The average Bonchev–Trinajstić information content (AvgIpc) is 3.23. The first-order valence-electron chi connectivity index (χ1n) is 9.57. The van der Waals surface area contributed by atoms with Crippen LogP contribution in [0.1, 0.15) is 64.7 Å². The fourth-order valence-electron chi connectivity index (χ4n) is 3.87. The van der Waals surface area contributed by atoms with Crippen LogP contribution in [0.15, 0.2) is 12.2 Å². The topological polar surface area (TPSA) is 74.2 Å². The van der Waals surface area contributed by atoms with E-state index >= 15 is 0 Å². The minimum Gasteiger partial charge on any atom is -0.469 e. The minimum atomic E-state index is -0.254. The molecule has 0 aromatic carbocycles. The fraction of sp³-hybridized carbons (Fsp3) is 0.842. The highest BCUT2D eigenvalue weighted by Crippen LogP contribution is 2.45. The molecular formula is C19H32O6. The number of hydrogen-bond acceptors (Lipinski definition) is 6. The van der Waals surface area contributed by atoms with E-state index in [0.717, 1.165) is 44.9 Å². The molecule has 0 amide bonds. The molecule has 0 radical (unpaired) electrons. The second kappa shape index (κ2) is 10.9. The van der Waals surface area contributed by atoms with Crippen LogP contribution in [-0.2, 0) is 24.2 Å². The molecule has 0 aromatic rings. The van der Waals surface area contributed by atoms with Gasteiger partial charge < -0.3 is 4.74 Å². The van der Waals surface area contributed by atoms with Crippen LogP contribution in [0.3, 0.4) is 0 Å². The molecule has 25 heavy (non-hydrogen) atoms. The van der Waals surface area contributed by atoms with E-state index in [9.17, 15) is 4.79 Å². The van der Waals surface area contributed by atoms with Gasteiger partial charge in [0.15, 0.2) is 0 Å². The van der Waals surface area contributed by atoms with Gasteiger partial charge in [0.05, 0.1) is 13.2 Å². The van der Waals surface area contributed by atoms with Gasteiger partial charge in [-0.2, -0.15) is 0 Å². The Bertz CT molecular complexity index is 420. The van der Waals surface area contributed by atoms with Crippen LogP contribution in [-0.4, -0.2) is 36.6 Å².